The predicted octanol–water partition coefficient (Wildman–Crippen LogP) is 5.49. The topological polar surface area (TPSA) is 51.7 Å². The molecule has 29 heavy (non-hydrogen) atoms. The first-order valence-electron chi connectivity index (χ1n) is 9.75. The Morgan fingerprint density at radius 3 is 2.93 bits per heavy atom. The SMILES string of the molecule is CCOc1c(Br)cc(C(=O)N2CCC[C@H](c3nc4ccccc4s3)C2)cc1OC. The monoisotopic (exact) mass is 474 g/mol. The van der Waals surface area contributed by atoms with Gasteiger partial charge in [-0.25, -0.2) is 4.98 Å². The summed E-state index contributed by atoms with van der Waals surface area (Å²) in [6.45, 7) is 3.89. The van der Waals surface area contributed by atoms with Crippen LogP contribution in [0.3, 0.4) is 0 Å². The second kappa shape index (κ2) is 8.71. The van der Waals surface area contributed by atoms with Crippen molar-refractivity contribution in [1.82, 2.24) is 9.88 Å². The quantitative estimate of drug-likeness (QED) is 0.490. The molecule has 1 amide bonds. The van der Waals surface area contributed by atoms with Gasteiger partial charge in [-0.2, -0.15) is 0 Å². The Hall–Kier alpha value is -2.12. The van der Waals surface area contributed by atoms with Crippen LogP contribution in [0.5, 0.6) is 11.5 Å². The number of piperidine rings is 1. The highest BCUT2D eigenvalue weighted by Crippen LogP contribution is 2.38. The van der Waals surface area contributed by atoms with Gasteiger partial charge in [0.25, 0.3) is 5.91 Å². The molecule has 152 valence electrons. The van der Waals surface area contributed by atoms with E-state index in [9.17, 15) is 4.79 Å². The molecule has 1 saturated heterocycles. The number of benzene rings is 2. The number of rotatable bonds is 5. The van der Waals surface area contributed by atoms with E-state index in [0.717, 1.165) is 34.4 Å². The van der Waals surface area contributed by atoms with E-state index in [2.05, 4.69) is 22.0 Å². The van der Waals surface area contributed by atoms with Crippen LogP contribution in [-0.4, -0.2) is 42.6 Å². The maximum Gasteiger partial charge on any atom is 0.254 e. The molecule has 3 aromatic rings. The molecule has 1 atom stereocenters. The summed E-state index contributed by atoms with van der Waals surface area (Å²) in [4.78, 5) is 20.0. The molecule has 0 aliphatic carbocycles. The molecule has 4 rings (SSSR count). The lowest BCUT2D eigenvalue weighted by Crippen LogP contribution is -2.39. The van der Waals surface area contributed by atoms with E-state index in [1.165, 1.54) is 4.70 Å². The Kier molecular flexibility index (Phi) is 6.06. The Morgan fingerprint density at radius 1 is 1.34 bits per heavy atom. The van der Waals surface area contributed by atoms with E-state index in [-0.39, 0.29) is 11.8 Å². The summed E-state index contributed by atoms with van der Waals surface area (Å²) in [6, 6.07) is 11.8. The van der Waals surface area contributed by atoms with Gasteiger partial charge in [0, 0.05) is 24.6 Å². The van der Waals surface area contributed by atoms with Crippen molar-refractivity contribution in [1.29, 1.82) is 0 Å². The summed E-state index contributed by atoms with van der Waals surface area (Å²) < 4.78 is 13.0. The molecule has 0 unspecified atom stereocenters. The van der Waals surface area contributed by atoms with Gasteiger partial charge in [0.1, 0.15) is 0 Å². The normalized spacial score (nSPS) is 16.8. The van der Waals surface area contributed by atoms with Gasteiger partial charge in [-0.05, 0) is 60.0 Å². The van der Waals surface area contributed by atoms with Crippen molar-refractivity contribution in [3.05, 3.63) is 51.4 Å². The molecule has 0 N–H and O–H groups in total. The van der Waals surface area contributed by atoms with Gasteiger partial charge in [-0.3, -0.25) is 4.79 Å². The van der Waals surface area contributed by atoms with Gasteiger partial charge in [-0.15, -0.1) is 11.3 Å². The van der Waals surface area contributed by atoms with E-state index in [1.54, 1.807) is 24.5 Å². The standard InChI is InChI=1S/C22H23BrN2O3S/c1-3-28-20-16(23)11-15(12-18(20)27-2)22(26)25-10-6-7-14(13-25)21-24-17-8-4-5-9-19(17)29-21/h4-5,8-9,11-12,14H,3,6-7,10,13H2,1-2H3/t14-/m0/s1. The second-order valence-corrected chi connectivity index (χ2v) is 8.95. The van der Waals surface area contributed by atoms with Crippen LogP contribution in [0.15, 0.2) is 40.9 Å². The van der Waals surface area contributed by atoms with E-state index in [1.807, 2.05) is 36.1 Å². The molecular weight excluding hydrogens is 452 g/mol. The van der Waals surface area contributed by atoms with Crippen LogP contribution < -0.4 is 9.47 Å². The van der Waals surface area contributed by atoms with Crippen molar-refractivity contribution in [2.75, 3.05) is 26.8 Å². The van der Waals surface area contributed by atoms with E-state index in [4.69, 9.17) is 14.5 Å². The van der Waals surface area contributed by atoms with Crippen LogP contribution >= 0.6 is 27.3 Å². The number of aromatic nitrogens is 1. The number of halogens is 1. The Balaban J connectivity index is 1.56. The molecule has 0 bridgehead atoms. The minimum Gasteiger partial charge on any atom is -0.493 e. The van der Waals surface area contributed by atoms with Gasteiger partial charge in [0.2, 0.25) is 0 Å². The zero-order valence-corrected chi connectivity index (χ0v) is 18.9. The molecule has 1 aliphatic heterocycles. The molecule has 2 heterocycles. The number of fused-ring (bicyclic) bond motifs is 1. The lowest BCUT2D eigenvalue weighted by Gasteiger charge is -2.32. The van der Waals surface area contributed by atoms with Crippen LogP contribution in [0.1, 0.15) is 41.0 Å². The first-order chi connectivity index (χ1) is 14.1. The van der Waals surface area contributed by atoms with Gasteiger partial charge < -0.3 is 14.4 Å². The first-order valence-corrected chi connectivity index (χ1v) is 11.4. The fraction of sp³-hybridized carbons (Fsp3) is 0.364. The van der Waals surface area contributed by atoms with Gasteiger partial charge >= 0.3 is 0 Å². The highest BCUT2D eigenvalue weighted by atomic mass is 79.9. The van der Waals surface area contributed by atoms with Crippen LogP contribution in [0.2, 0.25) is 0 Å². The van der Waals surface area contributed by atoms with Gasteiger partial charge in [0.15, 0.2) is 11.5 Å². The molecule has 1 aliphatic rings. The summed E-state index contributed by atoms with van der Waals surface area (Å²) in [5.41, 5.74) is 1.64. The van der Waals surface area contributed by atoms with Crippen molar-refractivity contribution in [3.8, 4) is 11.5 Å². The average molecular weight is 475 g/mol. The zero-order chi connectivity index (χ0) is 20.4. The smallest absolute Gasteiger partial charge is 0.254 e. The average Bonchev–Trinajstić information content (AvgIpc) is 3.19. The van der Waals surface area contributed by atoms with Crippen LogP contribution in [0.4, 0.5) is 0 Å². The summed E-state index contributed by atoms with van der Waals surface area (Å²) in [5.74, 6) is 1.47. The number of methoxy groups -OCH3 is 1. The summed E-state index contributed by atoms with van der Waals surface area (Å²) >= 11 is 5.25. The molecule has 0 spiro atoms. The van der Waals surface area contributed by atoms with Crippen LogP contribution in [0.25, 0.3) is 10.2 Å². The van der Waals surface area contributed by atoms with E-state index < -0.39 is 0 Å². The maximum atomic E-state index is 13.2. The largest absolute Gasteiger partial charge is 0.493 e. The van der Waals surface area contributed by atoms with Crippen molar-refractivity contribution < 1.29 is 14.3 Å². The third kappa shape index (κ3) is 4.12. The number of amides is 1. The lowest BCUT2D eigenvalue weighted by molar-refractivity contribution is 0.0706. The fourth-order valence-electron chi connectivity index (χ4n) is 3.74. The van der Waals surface area contributed by atoms with Crippen LogP contribution in [-0.2, 0) is 0 Å². The number of thiazole rings is 1. The minimum atomic E-state index is 0.0119. The number of ether oxygens (including phenoxy) is 2. The number of hydrogen-bond donors (Lipinski definition) is 0. The van der Waals surface area contributed by atoms with Crippen molar-refractivity contribution in [3.63, 3.8) is 0 Å². The highest BCUT2D eigenvalue weighted by Gasteiger charge is 2.28. The minimum absolute atomic E-state index is 0.0119. The molecule has 1 aromatic heterocycles. The Morgan fingerprint density at radius 2 is 2.17 bits per heavy atom. The van der Waals surface area contributed by atoms with Crippen LogP contribution in [0, 0.1) is 0 Å². The van der Waals surface area contributed by atoms with Crippen molar-refractivity contribution in [2.45, 2.75) is 25.7 Å². The first kappa shape index (κ1) is 20.2. The molecule has 0 saturated carbocycles. The van der Waals surface area contributed by atoms with Crippen molar-refractivity contribution >= 4 is 43.4 Å². The molecular formula is C22H23BrN2O3S. The number of hydrogen-bond acceptors (Lipinski definition) is 5. The Labute approximate surface area is 182 Å². The number of nitrogens with zero attached hydrogens (tertiary/aromatic N) is 2. The molecule has 7 heteroatoms. The molecule has 5 nitrogen and oxygen atoms in total. The summed E-state index contributed by atoms with van der Waals surface area (Å²) in [5, 5.41) is 1.12. The van der Waals surface area contributed by atoms with Crippen molar-refractivity contribution in [2.24, 2.45) is 0 Å². The molecule has 2 aromatic carbocycles. The third-order valence-electron chi connectivity index (χ3n) is 5.13. The van der Waals surface area contributed by atoms with E-state index in [0.29, 0.717) is 30.2 Å². The number of likely N-dealkylation sites (tertiary alicyclic amines) is 1. The number of carbonyl (C=O) groups is 1. The fourth-order valence-corrected chi connectivity index (χ4v) is 5.39. The maximum absolute atomic E-state index is 13.2. The molecule has 0 radical (unpaired) electrons. The highest BCUT2D eigenvalue weighted by molar-refractivity contribution is 9.10. The molecule has 1 fully saturated rings. The summed E-state index contributed by atoms with van der Waals surface area (Å²) in [7, 11) is 1.59. The lowest BCUT2D eigenvalue weighted by atomic mass is 9.98. The summed E-state index contributed by atoms with van der Waals surface area (Å²) in [6.07, 6.45) is 2.03. The zero-order valence-electron chi connectivity index (χ0n) is 16.5. The number of carbonyl (C=O) groups excluding carboxylic acids is 1. The van der Waals surface area contributed by atoms with Gasteiger partial charge in [-0.1, -0.05) is 12.1 Å². The van der Waals surface area contributed by atoms with Gasteiger partial charge in [0.05, 0.1) is 33.4 Å². The Bertz CT molecular complexity index is 1000. The second-order valence-electron chi connectivity index (χ2n) is 7.03. The van der Waals surface area contributed by atoms with E-state index >= 15 is 0 Å². The third-order valence-corrected chi connectivity index (χ3v) is 6.92. The number of para-hydroxylation sites is 1. The predicted molar refractivity (Wildman–Crippen MR) is 119 cm³/mol.